The topological polar surface area (TPSA) is 71.7 Å². The number of rotatable bonds is 7. The summed E-state index contributed by atoms with van der Waals surface area (Å²) in [4.78, 5) is 16.3. The summed E-state index contributed by atoms with van der Waals surface area (Å²) in [5, 5.41) is 7.83. The lowest BCUT2D eigenvalue weighted by Crippen LogP contribution is -2.42. The molecule has 0 atom stereocenters. The standard InChI is InChI=1S/C20H25ClN4O3/c1-24(20(26)19-11-22-28-23-19)12-14-8-17(9-14)27-16-5-4-15(18(21)10-16)13-25-6-2-3-7-25/h4-5,10-11,14,17H,2-3,6-9,12-13H2,1H3. The number of benzene rings is 1. The maximum Gasteiger partial charge on any atom is 0.277 e. The van der Waals surface area contributed by atoms with Crippen LogP contribution < -0.4 is 4.74 Å². The van der Waals surface area contributed by atoms with Crippen molar-refractivity contribution in [3.8, 4) is 5.75 Å². The van der Waals surface area contributed by atoms with Gasteiger partial charge in [0.05, 0.1) is 6.10 Å². The number of halogens is 1. The highest BCUT2D eigenvalue weighted by Gasteiger charge is 2.33. The Bertz CT molecular complexity index is 802. The molecule has 1 aromatic heterocycles. The van der Waals surface area contributed by atoms with E-state index in [0.29, 0.717) is 12.5 Å². The van der Waals surface area contributed by atoms with E-state index in [4.69, 9.17) is 16.3 Å². The van der Waals surface area contributed by atoms with Gasteiger partial charge in [-0.25, -0.2) is 4.63 Å². The Balaban J connectivity index is 1.23. The van der Waals surface area contributed by atoms with Crippen LogP contribution in [-0.2, 0) is 6.54 Å². The summed E-state index contributed by atoms with van der Waals surface area (Å²) in [7, 11) is 1.77. The molecule has 0 radical (unpaired) electrons. The molecule has 2 heterocycles. The average molecular weight is 405 g/mol. The number of amides is 1. The van der Waals surface area contributed by atoms with Crippen molar-refractivity contribution in [3.63, 3.8) is 0 Å². The van der Waals surface area contributed by atoms with E-state index < -0.39 is 0 Å². The van der Waals surface area contributed by atoms with Gasteiger partial charge in [0, 0.05) is 25.2 Å². The molecule has 1 saturated carbocycles. The van der Waals surface area contributed by atoms with Gasteiger partial charge in [-0.05, 0) is 67.5 Å². The fourth-order valence-electron chi connectivity index (χ4n) is 3.95. The van der Waals surface area contributed by atoms with Crippen molar-refractivity contribution in [1.29, 1.82) is 0 Å². The number of carbonyl (C=O) groups is 1. The lowest BCUT2D eigenvalue weighted by molar-refractivity contribution is 0.0415. The Morgan fingerprint density at radius 3 is 2.82 bits per heavy atom. The molecule has 0 N–H and O–H groups in total. The summed E-state index contributed by atoms with van der Waals surface area (Å²) in [6, 6.07) is 6.01. The highest BCUT2D eigenvalue weighted by Crippen LogP contribution is 2.33. The lowest BCUT2D eigenvalue weighted by atomic mass is 9.82. The Labute approximate surface area is 169 Å². The van der Waals surface area contributed by atoms with Crippen LogP contribution in [0.5, 0.6) is 5.75 Å². The zero-order valence-corrected chi connectivity index (χ0v) is 16.8. The zero-order valence-electron chi connectivity index (χ0n) is 16.0. The molecule has 2 fully saturated rings. The van der Waals surface area contributed by atoms with Gasteiger partial charge < -0.3 is 9.64 Å². The number of hydrogen-bond acceptors (Lipinski definition) is 6. The van der Waals surface area contributed by atoms with Crippen LogP contribution in [0, 0.1) is 5.92 Å². The van der Waals surface area contributed by atoms with Crippen molar-refractivity contribution >= 4 is 17.5 Å². The van der Waals surface area contributed by atoms with Crippen molar-refractivity contribution < 1.29 is 14.2 Å². The zero-order chi connectivity index (χ0) is 19.5. The Morgan fingerprint density at radius 2 is 2.14 bits per heavy atom. The molecule has 150 valence electrons. The second-order valence-corrected chi connectivity index (χ2v) is 8.20. The molecule has 0 unspecified atom stereocenters. The third-order valence-corrected chi connectivity index (χ3v) is 5.92. The smallest absolute Gasteiger partial charge is 0.277 e. The first-order valence-corrected chi connectivity index (χ1v) is 10.2. The number of carbonyl (C=O) groups excluding carboxylic acids is 1. The van der Waals surface area contributed by atoms with Gasteiger partial charge in [-0.2, -0.15) is 0 Å². The molecule has 2 aromatic rings. The van der Waals surface area contributed by atoms with E-state index in [1.54, 1.807) is 11.9 Å². The molecule has 1 aliphatic heterocycles. The number of nitrogens with zero attached hydrogens (tertiary/aromatic N) is 4. The minimum Gasteiger partial charge on any atom is -0.490 e. The quantitative estimate of drug-likeness (QED) is 0.705. The van der Waals surface area contributed by atoms with E-state index in [1.807, 2.05) is 12.1 Å². The number of aromatic nitrogens is 2. The fraction of sp³-hybridized carbons (Fsp3) is 0.550. The third-order valence-electron chi connectivity index (χ3n) is 5.57. The Morgan fingerprint density at radius 1 is 1.36 bits per heavy atom. The van der Waals surface area contributed by atoms with Gasteiger partial charge in [-0.15, -0.1) is 0 Å². The monoisotopic (exact) mass is 404 g/mol. The fourth-order valence-corrected chi connectivity index (χ4v) is 4.18. The summed E-state index contributed by atoms with van der Waals surface area (Å²) >= 11 is 6.46. The maximum absolute atomic E-state index is 12.2. The van der Waals surface area contributed by atoms with Gasteiger partial charge in [0.2, 0.25) is 0 Å². The van der Waals surface area contributed by atoms with Gasteiger partial charge in [0.25, 0.3) is 5.91 Å². The van der Waals surface area contributed by atoms with Crippen LogP contribution >= 0.6 is 11.6 Å². The molecule has 8 heteroatoms. The first-order chi connectivity index (χ1) is 13.6. The van der Waals surface area contributed by atoms with Gasteiger partial charge in [0.1, 0.15) is 11.9 Å². The van der Waals surface area contributed by atoms with Gasteiger partial charge >= 0.3 is 0 Å². The summed E-state index contributed by atoms with van der Waals surface area (Å²) in [6.07, 6.45) is 5.89. The van der Waals surface area contributed by atoms with Crippen molar-refractivity contribution in [1.82, 2.24) is 20.1 Å². The number of ether oxygens (including phenoxy) is 1. The van der Waals surface area contributed by atoms with Crippen LogP contribution in [0.2, 0.25) is 5.02 Å². The second-order valence-electron chi connectivity index (χ2n) is 7.79. The van der Waals surface area contributed by atoms with Gasteiger partial charge in [-0.1, -0.05) is 22.8 Å². The first kappa shape index (κ1) is 19.2. The molecule has 0 bridgehead atoms. The summed E-state index contributed by atoms with van der Waals surface area (Å²) in [6.45, 7) is 3.89. The van der Waals surface area contributed by atoms with Gasteiger partial charge in [-0.3, -0.25) is 9.69 Å². The molecule has 1 amide bonds. The minimum absolute atomic E-state index is 0.169. The van der Waals surface area contributed by atoms with Crippen molar-refractivity contribution in [3.05, 3.63) is 40.7 Å². The van der Waals surface area contributed by atoms with Crippen LogP contribution in [0.15, 0.2) is 29.0 Å². The molecule has 1 aliphatic carbocycles. The maximum atomic E-state index is 12.2. The van der Waals surface area contributed by atoms with Crippen LogP contribution in [-0.4, -0.2) is 58.8 Å². The van der Waals surface area contributed by atoms with Gasteiger partial charge in [0.15, 0.2) is 5.69 Å². The predicted molar refractivity (Wildman–Crippen MR) is 104 cm³/mol. The van der Waals surface area contributed by atoms with E-state index in [-0.39, 0.29) is 17.7 Å². The van der Waals surface area contributed by atoms with E-state index >= 15 is 0 Å². The van der Waals surface area contributed by atoms with Crippen LogP contribution in [0.1, 0.15) is 41.7 Å². The molecule has 0 spiro atoms. The van der Waals surface area contributed by atoms with Crippen LogP contribution in [0.25, 0.3) is 0 Å². The normalized spacial score (nSPS) is 22.1. The number of likely N-dealkylation sites (tertiary alicyclic amines) is 1. The minimum atomic E-state index is -0.175. The van der Waals surface area contributed by atoms with E-state index in [0.717, 1.165) is 48.8 Å². The highest BCUT2D eigenvalue weighted by atomic mass is 35.5. The summed E-state index contributed by atoms with van der Waals surface area (Å²) in [5.41, 5.74) is 1.39. The molecule has 7 nitrogen and oxygen atoms in total. The molecular formula is C20H25ClN4O3. The molecule has 2 aliphatic rings. The predicted octanol–water partition coefficient (Wildman–Crippen LogP) is 3.25. The third kappa shape index (κ3) is 4.47. The second kappa shape index (κ2) is 8.49. The van der Waals surface area contributed by atoms with Crippen molar-refractivity contribution in [2.24, 2.45) is 5.92 Å². The molecule has 28 heavy (non-hydrogen) atoms. The van der Waals surface area contributed by atoms with Crippen molar-refractivity contribution in [2.75, 3.05) is 26.7 Å². The van der Waals surface area contributed by atoms with Crippen LogP contribution in [0.3, 0.4) is 0 Å². The molecule has 1 saturated heterocycles. The SMILES string of the molecule is CN(CC1CC(Oc2ccc(CN3CCCC3)c(Cl)c2)C1)C(=O)c1cnon1. The molecule has 1 aromatic carbocycles. The van der Waals surface area contributed by atoms with E-state index in [1.165, 1.54) is 19.0 Å². The first-order valence-electron chi connectivity index (χ1n) is 9.79. The summed E-state index contributed by atoms with van der Waals surface area (Å²) in [5.74, 6) is 1.06. The molecule has 4 rings (SSSR count). The largest absolute Gasteiger partial charge is 0.490 e. The van der Waals surface area contributed by atoms with E-state index in [2.05, 4.69) is 25.9 Å². The Hall–Kier alpha value is -2.12. The number of hydrogen-bond donors (Lipinski definition) is 0. The highest BCUT2D eigenvalue weighted by molar-refractivity contribution is 6.31. The van der Waals surface area contributed by atoms with Crippen molar-refractivity contribution in [2.45, 2.75) is 38.3 Å². The molecular weight excluding hydrogens is 380 g/mol. The van der Waals surface area contributed by atoms with Crippen LogP contribution in [0.4, 0.5) is 0 Å². The summed E-state index contributed by atoms with van der Waals surface area (Å²) < 4.78 is 10.6. The Kier molecular flexibility index (Phi) is 5.82. The van der Waals surface area contributed by atoms with E-state index in [9.17, 15) is 4.79 Å². The lowest BCUT2D eigenvalue weighted by Gasteiger charge is -2.37. The average Bonchev–Trinajstić information content (AvgIpc) is 3.35.